The molecule has 0 unspecified atom stereocenters. The van der Waals surface area contributed by atoms with Crippen molar-refractivity contribution in [2.45, 2.75) is 13.3 Å². The second kappa shape index (κ2) is 8.55. The molecular weight excluding hydrogens is 365 g/mol. The van der Waals surface area contributed by atoms with Crippen LogP contribution in [0.2, 0.25) is 0 Å². The molecule has 0 aliphatic rings. The minimum atomic E-state index is -0.351. The Kier molecular flexibility index (Phi) is 5.93. The molecule has 0 radical (unpaired) electrons. The molecule has 0 fully saturated rings. The van der Waals surface area contributed by atoms with E-state index < -0.39 is 0 Å². The Bertz CT molecular complexity index is 940. The summed E-state index contributed by atoms with van der Waals surface area (Å²) in [6.45, 7) is 1.75. The molecule has 0 aliphatic carbocycles. The van der Waals surface area contributed by atoms with Crippen LogP contribution in [-0.4, -0.2) is 23.3 Å². The molecule has 138 valence electrons. The van der Waals surface area contributed by atoms with Gasteiger partial charge in [-0.25, -0.2) is 9.37 Å². The van der Waals surface area contributed by atoms with Gasteiger partial charge in [0.05, 0.1) is 18.7 Å². The second-order valence-corrected chi connectivity index (χ2v) is 7.12. The van der Waals surface area contributed by atoms with Crippen molar-refractivity contribution in [1.29, 1.82) is 0 Å². The van der Waals surface area contributed by atoms with Gasteiger partial charge in [0.1, 0.15) is 5.82 Å². The fourth-order valence-corrected chi connectivity index (χ4v) is 3.36. The molecule has 0 aliphatic heterocycles. The van der Waals surface area contributed by atoms with Crippen molar-refractivity contribution >= 4 is 28.3 Å². The molecule has 1 heterocycles. The Balaban J connectivity index is 1.54. The van der Waals surface area contributed by atoms with Gasteiger partial charge in [-0.2, -0.15) is 0 Å². The van der Waals surface area contributed by atoms with Crippen LogP contribution in [0.4, 0.5) is 9.52 Å². The van der Waals surface area contributed by atoms with Gasteiger partial charge in [0.2, 0.25) is 11.8 Å². The molecule has 0 saturated carbocycles. The first-order valence-corrected chi connectivity index (χ1v) is 9.17. The number of rotatable bonds is 6. The summed E-state index contributed by atoms with van der Waals surface area (Å²) in [5.41, 5.74) is 2.36. The fraction of sp³-hybridized carbons (Fsp3) is 0.150. The number of hydrogen-bond acceptors (Lipinski definition) is 4. The first-order valence-electron chi connectivity index (χ1n) is 8.35. The van der Waals surface area contributed by atoms with Crippen LogP contribution in [0.1, 0.15) is 10.4 Å². The average molecular weight is 383 g/mol. The van der Waals surface area contributed by atoms with Gasteiger partial charge < -0.3 is 10.6 Å². The van der Waals surface area contributed by atoms with Crippen LogP contribution in [-0.2, 0) is 16.0 Å². The first kappa shape index (κ1) is 18.7. The highest BCUT2D eigenvalue weighted by molar-refractivity contribution is 7.16. The maximum absolute atomic E-state index is 13.1. The minimum Gasteiger partial charge on any atom is -0.347 e. The van der Waals surface area contributed by atoms with Gasteiger partial charge in [0.15, 0.2) is 5.13 Å². The van der Waals surface area contributed by atoms with Crippen LogP contribution in [0.3, 0.4) is 0 Å². The van der Waals surface area contributed by atoms with Crippen LogP contribution in [0.5, 0.6) is 0 Å². The average Bonchev–Trinajstić information content (AvgIpc) is 3.01. The zero-order chi connectivity index (χ0) is 19.2. The van der Waals surface area contributed by atoms with E-state index in [4.69, 9.17) is 0 Å². The molecule has 0 bridgehead atoms. The summed E-state index contributed by atoms with van der Waals surface area (Å²) in [5.74, 6) is -0.888. The molecule has 7 heteroatoms. The number of benzene rings is 2. The van der Waals surface area contributed by atoms with Gasteiger partial charge in [-0.1, -0.05) is 30.3 Å². The highest BCUT2D eigenvalue weighted by Gasteiger charge is 2.13. The minimum absolute atomic E-state index is 0.129. The lowest BCUT2D eigenvalue weighted by Crippen LogP contribution is -2.33. The van der Waals surface area contributed by atoms with E-state index in [-0.39, 0.29) is 30.6 Å². The number of halogens is 1. The van der Waals surface area contributed by atoms with E-state index in [9.17, 15) is 14.0 Å². The van der Waals surface area contributed by atoms with E-state index in [2.05, 4.69) is 15.6 Å². The Hall–Kier alpha value is -3.06. The molecule has 3 rings (SSSR count). The predicted octanol–water partition coefficient (Wildman–Crippen LogP) is 3.56. The number of nitrogens with one attached hydrogen (secondary N) is 2. The monoisotopic (exact) mass is 383 g/mol. The maximum atomic E-state index is 13.1. The van der Waals surface area contributed by atoms with E-state index in [0.717, 1.165) is 16.0 Å². The van der Waals surface area contributed by atoms with Crippen molar-refractivity contribution < 1.29 is 14.0 Å². The molecule has 1 aromatic heterocycles. The highest BCUT2D eigenvalue weighted by atomic mass is 32.1. The summed E-state index contributed by atoms with van der Waals surface area (Å²) >= 11 is 1.33. The lowest BCUT2D eigenvalue weighted by atomic mass is 10.1. The van der Waals surface area contributed by atoms with Gasteiger partial charge >= 0.3 is 0 Å². The fourth-order valence-electron chi connectivity index (χ4n) is 2.51. The summed E-state index contributed by atoms with van der Waals surface area (Å²) in [6, 6.07) is 15.3. The zero-order valence-corrected chi connectivity index (χ0v) is 15.5. The van der Waals surface area contributed by atoms with E-state index >= 15 is 0 Å². The van der Waals surface area contributed by atoms with Crippen molar-refractivity contribution in [1.82, 2.24) is 10.3 Å². The van der Waals surface area contributed by atoms with Gasteiger partial charge in [-0.3, -0.25) is 9.59 Å². The van der Waals surface area contributed by atoms with E-state index in [0.29, 0.717) is 10.8 Å². The molecule has 0 saturated heterocycles. The molecular formula is C20H18FN3O2S. The van der Waals surface area contributed by atoms with Crippen molar-refractivity contribution in [3.63, 3.8) is 0 Å². The highest BCUT2D eigenvalue weighted by Crippen LogP contribution is 2.30. The number of hydrogen-bond donors (Lipinski definition) is 2. The Morgan fingerprint density at radius 3 is 2.44 bits per heavy atom. The van der Waals surface area contributed by atoms with E-state index in [1.165, 1.54) is 23.5 Å². The van der Waals surface area contributed by atoms with Crippen LogP contribution in [0, 0.1) is 12.7 Å². The number of aromatic nitrogens is 1. The third-order valence-corrected chi connectivity index (χ3v) is 4.70. The summed E-state index contributed by atoms with van der Waals surface area (Å²) in [6.07, 6.45) is 0.221. The summed E-state index contributed by atoms with van der Waals surface area (Å²) in [7, 11) is 0. The van der Waals surface area contributed by atoms with Gasteiger partial charge in [0.25, 0.3) is 0 Å². The lowest BCUT2D eigenvalue weighted by Gasteiger charge is -2.05. The topological polar surface area (TPSA) is 71.1 Å². The number of nitrogens with zero attached hydrogens (tertiary/aromatic N) is 1. The van der Waals surface area contributed by atoms with Gasteiger partial charge in [-0.05, 0) is 36.8 Å². The molecule has 5 nitrogen and oxygen atoms in total. The summed E-state index contributed by atoms with van der Waals surface area (Å²) in [5, 5.41) is 5.72. The largest absolute Gasteiger partial charge is 0.347 e. The normalized spacial score (nSPS) is 10.4. The molecule has 27 heavy (non-hydrogen) atoms. The number of aryl methyl sites for hydroxylation is 1. The number of carbonyl (C=O) groups is 2. The Morgan fingerprint density at radius 2 is 1.74 bits per heavy atom. The quantitative estimate of drug-likeness (QED) is 0.684. The van der Waals surface area contributed by atoms with Crippen molar-refractivity contribution in [3.05, 3.63) is 70.9 Å². The number of thiazole rings is 1. The van der Waals surface area contributed by atoms with Crippen LogP contribution in [0.15, 0.2) is 54.6 Å². The van der Waals surface area contributed by atoms with Crippen molar-refractivity contribution in [2.24, 2.45) is 0 Å². The maximum Gasteiger partial charge on any atom is 0.245 e. The van der Waals surface area contributed by atoms with Crippen LogP contribution in [0.25, 0.3) is 11.3 Å². The van der Waals surface area contributed by atoms with Crippen molar-refractivity contribution in [3.8, 4) is 11.3 Å². The third-order valence-electron chi connectivity index (χ3n) is 3.81. The molecule has 2 amide bonds. The zero-order valence-electron chi connectivity index (χ0n) is 14.7. The SMILES string of the molecule is Cc1sc(NC(=O)CNC(=O)Cc2ccccc2)nc1-c1ccc(F)cc1. The third kappa shape index (κ3) is 5.21. The van der Waals surface area contributed by atoms with Crippen LogP contribution >= 0.6 is 11.3 Å². The predicted molar refractivity (Wildman–Crippen MR) is 104 cm³/mol. The Labute approximate surface area is 160 Å². The smallest absolute Gasteiger partial charge is 0.245 e. The first-order chi connectivity index (χ1) is 13.0. The molecule has 0 spiro atoms. The van der Waals surface area contributed by atoms with Crippen LogP contribution < -0.4 is 10.6 Å². The number of anilines is 1. The standard InChI is InChI=1S/C20H18FN3O2S/c1-13-19(15-7-9-16(21)10-8-15)24-20(27-13)23-18(26)12-22-17(25)11-14-5-3-2-4-6-14/h2-10H,11-12H2,1H3,(H,22,25)(H,23,24,26). The molecule has 3 aromatic rings. The summed E-state index contributed by atoms with van der Waals surface area (Å²) in [4.78, 5) is 29.3. The van der Waals surface area contributed by atoms with E-state index in [1.807, 2.05) is 37.3 Å². The number of carbonyl (C=O) groups excluding carboxylic acids is 2. The Morgan fingerprint density at radius 1 is 1.04 bits per heavy atom. The number of amides is 2. The van der Waals surface area contributed by atoms with E-state index in [1.54, 1.807) is 12.1 Å². The van der Waals surface area contributed by atoms with Gasteiger partial charge in [0, 0.05) is 10.4 Å². The summed E-state index contributed by atoms with van der Waals surface area (Å²) < 4.78 is 13.1. The second-order valence-electron chi connectivity index (χ2n) is 5.92. The van der Waals surface area contributed by atoms with Crippen molar-refractivity contribution in [2.75, 3.05) is 11.9 Å². The molecule has 0 atom stereocenters. The van der Waals surface area contributed by atoms with Gasteiger partial charge in [-0.15, -0.1) is 11.3 Å². The molecule has 2 N–H and O–H groups in total. The lowest BCUT2D eigenvalue weighted by molar-refractivity contribution is -0.123. The molecule has 2 aromatic carbocycles.